The Hall–Kier alpha value is -0.770. The Balaban J connectivity index is 2.41. The van der Waals surface area contributed by atoms with Crippen molar-refractivity contribution in [2.45, 2.75) is 49.8 Å². The van der Waals surface area contributed by atoms with Crippen LogP contribution in [0, 0.1) is 0 Å². The molecular weight excluding hydrogens is 246 g/mol. The second-order valence-electron chi connectivity index (χ2n) is 4.39. The highest BCUT2D eigenvalue weighted by atomic mass is 16.7. The fraction of sp³-hybridized carbons (Fsp3) is 0.900. The minimum Gasteiger partial charge on any atom is -0.481 e. The van der Waals surface area contributed by atoms with Crippen molar-refractivity contribution in [2.24, 2.45) is 5.90 Å². The number of aliphatic hydroxyl groups excluding tert-OH is 2. The van der Waals surface area contributed by atoms with Gasteiger partial charge in [0.1, 0.15) is 18.8 Å². The third-order valence-corrected chi connectivity index (χ3v) is 2.94. The van der Waals surface area contributed by atoms with Crippen LogP contribution in [0.15, 0.2) is 0 Å². The number of carbonyl (C=O) groups is 1. The van der Waals surface area contributed by atoms with Crippen molar-refractivity contribution < 1.29 is 34.8 Å². The quantitative estimate of drug-likeness (QED) is 0.271. The van der Waals surface area contributed by atoms with E-state index in [0.717, 1.165) is 0 Å². The Morgan fingerprint density at radius 2 is 2.06 bits per heavy atom. The molecule has 1 aliphatic rings. The topological polar surface area (TPSA) is 142 Å². The molecule has 0 radical (unpaired) electrons. The average molecular weight is 265 g/mol. The number of aliphatic carboxylic acids is 1. The number of carboxylic acids is 1. The van der Waals surface area contributed by atoms with E-state index in [1.54, 1.807) is 0 Å². The molecule has 8 heteroatoms. The van der Waals surface area contributed by atoms with Crippen LogP contribution in [-0.2, 0) is 14.4 Å². The Morgan fingerprint density at radius 3 is 2.61 bits per heavy atom. The predicted octanol–water partition coefficient (Wildman–Crippen LogP) is -1.67. The van der Waals surface area contributed by atoms with Crippen molar-refractivity contribution >= 4 is 5.97 Å². The molecule has 1 rings (SSSR count). The number of ether oxygens (including phenoxy) is 1. The third kappa shape index (κ3) is 3.61. The molecule has 18 heavy (non-hydrogen) atoms. The van der Waals surface area contributed by atoms with Gasteiger partial charge in [-0.05, 0) is 12.8 Å². The zero-order valence-corrected chi connectivity index (χ0v) is 9.86. The largest absolute Gasteiger partial charge is 0.481 e. The van der Waals surface area contributed by atoms with E-state index < -0.39 is 36.7 Å². The zero-order valence-electron chi connectivity index (χ0n) is 9.86. The highest BCUT2D eigenvalue weighted by Crippen LogP contribution is 2.31. The molecule has 4 atom stereocenters. The molecule has 0 aromatic heterocycles. The summed E-state index contributed by atoms with van der Waals surface area (Å²) < 4.78 is 5.12. The van der Waals surface area contributed by atoms with Gasteiger partial charge in [-0.1, -0.05) is 6.42 Å². The van der Waals surface area contributed by atoms with E-state index in [1.165, 1.54) is 0 Å². The molecular formula is C10H19NO7. The fourth-order valence-corrected chi connectivity index (χ4v) is 1.96. The number of nitrogens with two attached hydrogens (primary N) is 1. The third-order valence-electron chi connectivity index (χ3n) is 2.94. The molecule has 6 N–H and O–H groups in total. The van der Waals surface area contributed by atoms with Gasteiger partial charge in [0.2, 0.25) is 5.79 Å². The van der Waals surface area contributed by atoms with Crippen LogP contribution in [0.3, 0.4) is 0 Å². The molecule has 1 aliphatic heterocycles. The number of rotatable bonds is 7. The summed E-state index contributed by atoms with van der Waals surface area (Å²) in [4.78, 5) is 14.5. The molecule has 106 valence electrons. The lowest BCUT2D eigenvalue weighted by Gasteiger charge is -2.24. The maximum atomic E-state index is 10.3. The van der Waals surface area contributed by atoms with Crippen LogP contribution >= 0.6 is 0 Å². The van der Waals surface area contributed by atoms with Crippen LogP contribution in [0.5, 0.6) is 0 Å². The van der Waals surface area contributed by atoms with Crippen molar-refractivity contribution in [3.63, 3.8) is 0 Å². The smallest absolute Gasteiger partial charge is 0.303 e. The van der Waals surface area contributed by atoms with Gasteiger partial charge in [-0.15, -0.1) is 0 Å². The second kappa shape index (κ2) is 6.41. The summed E-state index contributed by atoms with van der Waals surface area (Å²) >= 11 is 0. The fourth-order valence-electron chi connectivity index (χ4n) is 1.96. The van der Waals surface area contributed by atoms with Gasteiger partial charge in [0, 0.05) is 6.42 Å². The molecule has 0 unspecified atom stereocenters. The first-order chi connectivity index (χ1) is 8.40. The van der Waals surface area contributed by atoms with Crippen LogP contribution in [-0.4, -0.2) is 57.1 Å². The summed E-state index contributed by atoms with van der Waals surface area (Å²) in [5.41, 5.74) is 0. The Bertz CT molecular complexity index is 287. The number of carboxylic acid groups (broad SMARTS) is 1. The second-order valence-corrected chi connectivity index (χ2v) is 4.39. The lowest BCUT2D eigenvalue weighted by molar-refractivity contribution is -0.254. The average Bonchev–Trinajstić information content (AvgIpc) is 2.50. The van der Waals surface area contributed by atoms with Gasteiger partial charge in [-0.3, -0.25) is 9.63 Å². The first-order valence-corrected chi connectivity index (χ1v) is 5.70. The first-order valence-electron chi connectivity index (χ1n) is 5.70. The number of hydrogen-bond donors (Lipinski definition) is 5. The molecule has 0 aliphatic carbocycles. The van der Waals surface area contributed by atoms with Crippen LogP contribution in [0.4, 0.5) is 0 Å². The minimum absolute atomic E-state index is 0.0293. The minimum atomic E-state index is -2.02. The van der Waals surface area contributed by atoms with Crippen LogP contribution in [0.2, 0.25) is 0 Å². The lowest BCUT2D eigenvalue weighted by Crippen LogP contribution is -2.47. The highest BCUT2D eigenvalue weighted by Gasteiger charge is 2.53. The standard InChI is InChI=1S/C10H19NO7/c11-17-5-10(16)9(15)8(14)6(18-10)3-1-2-4-7(12)13/h6,8-9,14-16H,1-5,11H2,(H,12,13)/t6-,8+,9-,10+/m0/s1. The maximum absolute atomic E-state index is 10.3. The van der Waals surface area contributed by atoms with Crippen molar-refractivity contribution in [3.05, 3.63) is 0 Å². The van der Waals surface area contributed by atoms with Gasteiger partial charge in [0.25, 0.3) is 0 Å². The molecule has 8 nitrogen and oxygen atoms in total. The van der Waals surface area contributed by atoms with Gasteiger partial charge < -0.3 is 25.2 Å². The van der Waals surface area contributed by atoms with E-state index >= 15 is 0 Å². The number of hydrogen-bond acceptors (Lipinski definition) is 7. The van der Waals surface area contributed by atoms with E-state index in [2.05, 4.69) is 4.84 Å². The molecule has 0 bridgehead atoms. The summed E-state index contributed by atoms with van der Waals surface area (Å²) in [5.74, 6) is 1.89. The molecule has 0 aromatic carbocycles. The van der Waals surface area contributed by atoms with Gasteiger partial charge in [-0.25, -0.2) is 5.90 Å². The van der Waals surface area contributed by atoms with E-state index in [9.17, 15) is 20.1 Å². The first kappa shape index (κ1) is 15.3. The molecule has 0 amide bonds. The Morgan fingerprint density at radius 1 is 1.39 bits per heavy atom. The van der Waals surface area contributed by atoms with Crippen molar-refractivity contribution in [1.29, 1.82) is 0 Å². The lowest BCUT2D eigenvalue weighted by atomic mass is 10.0. The number of aliphatic hydroxyl groups is 3. The normalized spacial score (nSPS) is 35.9. The van der Waals surface area contributed by atoms with Crippen molar-refractivity contribution in [2.75, 3.05) is 6.61 Å². The van der Waals surface area contributed by atoms with Crippen LogP contribution < -0.4 is 5.90 Å². The predicted molar refractivity (Wildman–Crippen MR) is 58.1 cm³/mol. The summed E-state index contributed by atoms with van der Waals surface area (Å²) in [5, 5.41) is 37.6. The van der Waals surface area contributed by atoms with E-state index in [4.69, 9.17) is 15.7 Å². The zero-order chi connectivity index (χ0) is 13.8. The van der Waals surface area contributed by atoms with Crippen molar-refractivity contribution in [1.82, 2.24) is 0 Å². The SMILES string of the molecule is NOC[C@@]1(O)O[C@@H](CCCCC(=O)O)[C@@H](O)[C@@H]1O. The van der Waals surface area contributed by atoms with E-state index in [0.29, 0.717) is 19.3 Å². The Kier molecular flexibility index (Phi) is 5.45. The van der Waals surface area contributed by atoms with Crippen LogP contribution in [0.25, 0.3) is 0 Å². The molecule has 0 saturated carbocycles. The monoisotopic (exact) mass is 265 g/mol. The van der Waals surface area contributed by atoms with E-state index in [-0.39, 0.29) is 6.42 Å². The summed E-state index contributed by atoms with van der Waals surface area (Å²) in [6.07, 6.45) is -2.24. The van der Waals surface area contributed by atoms with Gasteiger partial charge in [-0.2, -0.15) is 0 Å². The molecule has 0 aromatic rings. The molecule has 0 spiro atoms. The summed E-state index contributed by atoms with van der Waals surface area (Å²) in [6, 6.07) is 0. The van der Waals surface area contributed by atoms with Gasteiger partial charge in [0.15, 0.2) is 0 Å². The molecule has 1 heterocycles. The molecule has 1 saturated heterocycles. The highest BCUT2D eigenvalue weighted by molar-refractivity contribution is 5.66. The van der Waals surface area contributed by atoms with Gasteiger partial charge >= 0.3 is 5.97 Å². The van der Waals surface area contributed by atoms with Gasteiger partial charge in [0.05, 0.1) is 6.10 Å². The summed E-state index contributed by atoms with van der Waals surface area (Å²) in [6.45, 7) is -0.461. The number of unbranched alkanes of at least 4 members (excludes halogenated alkanes) is 1. The molecule has 1 fully saturated rings. The van der Waals surface area contributed by atoms with E-state index in [1.807, 2.05) is 0 Å². The Labute approximate surface area is 104 Å². The van der Waals surface area contributed by atoms with Crippen LogP contribution in [0.1, 0.15) is 25.7 Å². The summed E-state index contributed by atoms with van der Waals surface area (Å²) in [7, 11) is 0. The maximum Gasteiger partial charge on any atom is 0.303 e. The van der Waals surface area contributed by atoms with Crippen molar-refractivity contribution in [3.8, 4) is 0 Å².